The standard InChI is InChI=1S/C21H18ClNO3S/c22-17-8-9-18(16(14-17)13-15-5-2-1-3-6-15)26-20(24)10-11-23-21(25)19-7-4-12-27-19/h1-9,12,14H,10-11,13H2,(H,23,25). The summed E-state index contributed by atoms with van der Waals surface area (Å²) in [4.78, 5) is 24.7. The van der Waals surface area contributed by atoms with Gasteiger partial charge in [-0.1, -0.05) is 48.0 Å². The molecule has 0 aliphatic heterocycles. The second kappa shape index (κ2) is 9.35. The zero-order chi connectivity index (χ0) is 19.1. The highest BCUT2D eigenvalue weighted by molar-refractivity contribution is 7.12. The van der Waals surface area contributed by atoms with E-state index in [0.29, 0.717) is 22.1 Å². The van der Waals surface area contributed by atoms with Crippen LogP contribution < -0.4 is 10.1 Å². The zero-order valence-corrected chi connectivity index (χ0v) is 16.1. The number of amides is 1. The van der Waals surface area contributed by atoms with Crippen LogP contribution >= 0.6 is 22.9 Å². The maximum atomic E-state index is 12.2. The van der Waals surface area contributed by atoms with Crippen molar-refractivity contribution in [1.82, 2.24) is 5.32 Å². The largest absolute Gasteiger partial charge is 0.426 e. The van der Waals surface area contributed by atoms with Crippen LogP contribution in [0.3, 0.4) is 0 Å². The highest BCUT2D eigenvalue weighted by Crippen LogP contribution is 2.26. The van der Waals surface area contributed by atoms with Gasteiger partial charge in [-0.05, 0) is 35.2 Å². The monoisotopic (exact) mass is 399 g/mol. The third-order valence-electron chi connectivity index (χ3n) is 3.84. The van der Waals surface area contributed by atoms with Crippen LogP contribution in [0.2, 0.25) is 5.02 Å². The van der Waals surface area contributed by atoms with Gasteiger partial charge >= 0.3 is 5.97 Å². The predicted molar refractivity (Wildman–Crippen MR) is 108 cm³/mol. The SMILES string of the molecule is O=C(CCNC(=O)c1cccs1)Oc1ccc(Cl)cc1Cc1ccccc1. The average molecular weight is 400 g/mol. The van der Waals surface area contributed by atoms with Crippen molar-refractivity contribution in [2.75, 3.05) is 6.54 Å². The van der Waals surface area contributed by atoms with Crippen LogP contribution in [0.4, 0.5) is 0 Å². The predicted octanol–water partition coefficient (Wildman–Crippen LogP) is 4.72. The number of carbonyl (C=O) groups excluding carboxylic acids is 2. The van der Waals surface area contributed by atoms with Crippen molar-refractivity contribution < 1.29 is 14.3 Å². The molecule has 3 rings (SSSR count). The Morgan fingerprint density at radius 3 is 2.59 bits per heavy atom. The van der Waals surface area contributed by atoms with Crippen LogP contribution in [0.15, 0.2) is 66.0 Å². The third-order valence-corrected chi connectivity index (χ3v) is 4.95. The van der Waals surface area contributed by atoms with Gasteiger partial charge in [-0.2, -0.15) is 0 Å². The fourth-order valence-corrected chi connectivity index (χ4v) is 3.38. The van der Waals surface area contributed by atoms with Crippen LogP contribution in [0.25, 0.3) is 0 Å². The summed E-state index contributed by atoms with van der Waals surface area (Å²) in [6.07, 6.45) is 0.698. The normalized spacial score (nSPS) is 10.4. The Kier molecular flexibility index (Phi) is 6.63. The van der Waals surface area contributed by atoms with E-state index < -0.39 is 5.97 Å². The van der Waals surface area contributed by atoms with E-state index >= 15 is 0 Å². The molecule has 1 N–H and O–H groups in total. The number of esters is 1. The van der Waals surface area contributed by atoms with Gasteiger partial charge in [-0.25, -0.2) is 0 Å². The summed E-state index contributed by atoms with van der Waals surface area (Å²) in [5, 5.41) is 5.13. The molecule has 4 nitrogen and oxygen atoms in total. The quantitative estimate of drug-likeness (QED) is 0.462. The molecule has 0 saturated heterocycles. The Morgan fingerprint density at radius 1 is 1.04 bits per heavy atom. The van der Waals surface area contributed by atoms with E-state index in [4.69, 9.17) is 16.3 Å². The second-order valence-electron chi connectivity index (χ2n) is 5.87. The summed E-state index contributed by atoms with van der Waals surface area (Å²) in [6, 6.07) is 18.6. The van der Waals surface area contributed by atoms with E-state index in [1.165, 1.54) is 11.3 Å². The highest BCUT2D eigenvalue weighted by Gasteiger charge is 2.12. The van der Waals surface area contributed by atoms with Crippen molar-refractivity contribution in [3.8, 4) is 5.75 Å². The maximum absolute atomic E-state index is 12.2. The summed E-state index contributed by atoms with van der Waals surface area (Å²) in [6.45, 7) is 0.219. The van der Waals surface area contributed by atoms with E-state index in [0.717, 1.165) is 11.1 Å². The molecule has 0 unspecified atom stereocenters. The Bertz CT molecular complexity index is 910. The van der Waals surface area contributed by atoms with Crippen LogP contribution in [0, 0.1) is 0 Å². The zero-order valence-electron chi connectivity index (χ0n) is 14.5. The first-order valence-corrected chi connectivity index (χ1v) is 9.72. The molecule has 0 bridgehead atoms. The number of halogens is 1. The molecule has 27 heavy (non-hydrogen) atoms. The van der Waals surface area contributed by atoms with Gasteiger partial charge in [-0.15, -0.1) is 11.3 Å². The molecule has 1 heterocycles. The number of carbonyl (C=O) groups is 2. The number of thiophene rings is 1. The lowest BCUT2D eigenvalue weighted by atomic mass is 10.0. The smallest absolute Gasteiger partial charge is 0.312 e. The number of hydrogen-bond acceptors (Lipinski definition) is 4. The summed E-state index contributed by atoms with van der Waals surface area (Å²) < 4.78 is 5.50. The topological polar surface area (TPSA) is 55.4 Å². The molecule has 0 spiro atoms. The minimum Gasteiger partial charge on any atom is -0.426 e. The summed E-state index contributed by atoms with van der Waals surface area (Å²) in [5.41, 5.74) is 1.94. The lowest BCUT2D eigenvalue weighted by Gasteiger charge is -2.11. The average Bonchev–Trinajstić information content (AvgIpc) is 3.20. The van der Waals surface area contributed by atoms with Gasteiger partial charge in [0.1, 0.15) is 5.75 Å². The van der Waals surface area contributed by atoms with E-state index in [1.807, 2.05) is 41.8 Å². The van der Waals surface area contributed by atoms with Gasteiger partial charge in [0.15, 0.2) is 0 Å². The van der Waals surface area contributed by atoms with Crippen molar-refractivity contribution in [2.24, 2.45) is 0 Å². The summed E-state index contributed by atoms with van der Waals surface area (Å²) >= 11 is 7.46. The van der Waals surface area contributed by atoms with Gasteiger partial charge in [0.2, 0.25) is 0 Å². The molecule has 0 saturated carbocycles. The van der Waals surface area contributed by atoms with Crippen molar-refractivity contribution in [3.05, 3.63) is 87.1 Å². The van der Waals surface area contributed by atoms with Crippen molar-refractivity contribution in [1.29, 1.82) is 0 Å². The number of ether oxygens (including phenoxy) is 1. The minimum absolute atomic E-state index is 0.0878. The Hall–Kier alpha value is -2.63. The lowest BCUT2D eigenvalue weighted by Crippen LogP contribution is -2.26. The fraction of sp³-hybridized carbons (Fsp3) is 0.143. The van der Waals surface area contributed by atoms with Gasteiger partial charge < -0.3 is 10.1 Å². The Labute approximate surface area is 166 Å². The number of hydrogen-bond donors (Lipinski definition) is 1. The first kappa shape index (κ1) is 19.1. The Morgan fingerprint density at radius 2 is 1.85 bits per heavy atom. The minimum atomic E-state index is -0.405. The van der Waals surface area contributed by atoms with Crippen LogP contribution in [0.5, 0.6) is 5.75 Å². The molecule has 0 radical (unpaired) electrons. The molecule has 138 valence electrons. The molecular weight excluding hydrogens is 382 g/mol. The van der Waals surface area contributed by atoms with E-state index in [1.54, 1.807) is 24.3 Å². The number of nitrogens with one attached hydrogen (secondary N) is 1. The van der Waals surface area contributed by atoms with Gasteiger partial charge in [0.25, 0.3) is 5.91 Å². The molecule has 0 fully saturated rings. The molecule has 2 aromatic carbocycles. The molecule has 6 heteroatoms. The molecule has 3 aromatic rings. The van der Waals surface area contributed by atoms with E-state index in [9.17, 15) is 9.59 Å². The number of benzene rings is 2. The Balaban J connectivity index is 1.58. The fourth-order valence-electron chi connectivity index (χ4n) is 2.55. The first-order chi connectivity index (χ1) is 13.1. The molecule has 0 aliphatic carbocycles. The van der Waals surface area contributed by atoms with Crippen LogP contribution in [-0.4, -0.2) is 18.4 Å². The summed E-state index contributed by atoms with van der Waals surface area (Å²) in [5.74, 6) is -0.106. The van der Waals surface area contributed by atoms with Crippen LogP contribution in [-0.2, 0) is 11.2 Å². The molecular formula is C21H18ClNO3S. The summed E-state index contributed by atoms with van der Waals surface area (Å²) in [7, 11) is 0. The lowest BCUT2D eigenvalue weighted by molar-refractivity contribution is -0.134. The van der Waals surface area contributed by atoms with E-state index in [2.05, 4.69) is 5.32 Å². The van der Waals surface area contributed by atoms with Gasteiger partial charge in [-0.3, -0.25) is 9.59 Å². The van der Waals surface area contributed by atoms with Crippen molar-refractivity contribution in [2.45, 2.75) is 12.8 Å². The van der Waals surface area contributed by atoms with Crippen molar-refractivity contribution in [3.63, 3.8) is 0 Å². The van der Waals surface area contributed by atoms with Gasteiger partial charge in [0, 0.05) is 23.6 Å². The molecule has 0 atom stereocenters. The molecule has 1 aromatic heterocycles. The second-order valence-corrected chi connectivity index (χ2v) is 7.26. The van der Waals surface area contributed by atoms with Crippen LogP contribution in [0.1, 0.15) is 27.2 Å². The molecule has 0 aliphatic rings. The third kappa shape index (κ3) is 5.67. The van der Waals surface area contributed by atoms with Gasteiger partial charge in [0.05, 0.1) is 11.3 Å². The van der Waals surface area contributed by atoms with Crippen molar-refractivity contribution >= 4 is 34.8 Å². The first-order valence-electron chi connectivity index (χ1n) is 8.46. The van der Waals surface area contributed by atoms with E-state index in [-0.39, 0.29) is 18.9 Å². The maximum Gasteiger partial charge on any atom is 0.312 e. The highest BCUT2D eigenvalue weighted by atomic mass is 35.5. The number of rotatable bonds is 7. The molecule has 1 amide bonds.